The number of thiazole rings is 1. The minimum absolute atomic E-state index is 0.0462. The fraction of sp³-hybridized carbons (Fsp3) is 0.100. The van der Waals surface area contributed by atoms with E-state index in [4.69, 9.17) is 0 Å². The third-order valence-corrected chi connectivity index (χ3v) is 3.35. The van der Waals surface area contributed by atoms with Gasteiger partial charge in [0.2, 0.25) is 5.91 Å². The predicted molar refractivity (Wildman–Crippen MR) is 72.9 cm³/mol. The molecule has 0 aliphatic carbocycles. The lowest BCUT2D eigenvalue weighted by molar-refractivity contribution is -0.113. The molecule has 6 heteroatoms. The van der Waals surface area contributed by atoms with Gasteiger partial charge in [-0.1, -0.05) is 22.6 Å². The summed E-state index contributed by atoms with van der Waals surface area (Å²) in [7, 11) is 0. The zero-order valence-electron chi connectivity index (χ0n) is 8.18. The van der Waals surface area contributed by atoms with Crippen molar-refractivity contribution in [2.45, 2.75) is 0 Å². The van der Waals surface area contributed by atoms with Gasteiger partial charge in [-0.15, -0.1) is 11.3 Å². The number of rotatable bonds is 3. The first-order valence-corrected chi connectivity index (χ1v) is 6.92. The van der Waals surface area contributed by atoms with Crippen molar-refractivity contribution in [2.75, 3.05) is 9.74 Å². The maximum absolute atomic E-state index is 11.1. The van der Waals surface area contributed by atoms with Gasteiger partial charge in [0.1, 0.15) is 10.8 Å². The Bertz CT molecular complexity index is 469. The van der Waals surface area contributed by atoms with E-state index in [1.807, 2.05) is 34.0 Å². The molecule has 0 saturated heterocycles. The Morgan fingerprint density at radius 1 is 1.44 bits per heavy atom. The van der Waals surface area contributed by atoms with Gasteiger partial charge in [0.15, 0.2) is 0 Å². The van der Waals surface area contributed by atoms with Crippen molar-refractivity contribution in [3.05, 3.63) is 29.9 Å². The molecule has 0 aliphatic rings. The molecular formula is C10H8IN3OS. The summed E-state index contributed by atoms with van der Waals surface area (Å²) in [5.74, 6) is 0.525. The number of amides is 1. The van der Waals surface area contributed by atoms with Crippen molar-refractivity contribution in [3.8, 4) is 10.6 Å². The van der Waals surface area contributed by atoms with Crippen LogP contribution in [0.5, 0.6) is 0 Å². The average molecular weight is 345 g/mol. The smallest absolute Gasteiger partial charge is 0.235 e. The highest BCUT2D eigenvalue weighted by molar-refractivity contribution is 14.1. The summed E-state index contributed by atoms with van der Waals surface area (Å²) < 4.78 is 0.424. The van der Waals surface area contributed by atoms with Crippen LogP contribution in [0.2, 0.25) is 0 Å². The first kappa shape index (κ1) is 11.5. The number of anilines is 1. The molecule has 0 bridgehead atoms. The molecule has 0 fully saturated rings. The van der Waals surface area contributed by atoms with Crippen LogP contribution in [0, 0.1) is 0 Å². The standard InChI is InChI=1S/C10H8IN3OS/c11-5-9(15)14-8-2-1-7(6-13-8)10-12-3-4-16-10/h1-4,6H,5H2,(H,13,14,15). The Kier molecular flexibility index (Phi) is 3.83. The van der Waals surface area contributed by atoms with E-state index in [-0.39, 0.29) is 5.91 Å². The maximum Gasteiger partial charge on any atom is 0.235 e. The van der Waals surface area contributed by atoms with Gasteiger partial charge in [-0.2, -0.15) is 0 Å². The second-order valence-electron chi connectivity index (χ2n) is 2.95. The molecule has 2 aromatic rings. The van der Waals surface area contributed by atoms with Gasteiger partial charge in [0.05, 0.1) is 4.43 Å². The molecule has 1 N–H and O–H groups in total. The fourth-order valence-electron chi connectivity index (χ4n) is 1.14. The van der Waals surface area contributed by atoms with E-state index in [0.717, 1.165) is 10.6 Å². The van der Waals surface area contributed by atoms with Gasteiger partial charge in [0.25, 0.3) is 0 Å². The number of carbonyl (C=O) groups is 1. The molecule has 1 amide bonds. The van der Waals surface area contributed by atoms with E-state index < -0.39 is 0 Å². The van der Waals surface area contributed by atoms with Crippen LogP contribution in [-0.2, 0) is 4.79 Å². The number of carbonyl (C=O) groups excluding carboxylic acids is 1. The summed E-state index contributed by atoms with van der Waals surface area (Å²) in [6, 6.07) is 3.68. The Morgan fingerprint density at radius 3 is 2.88 bits per heavy atom. The van der Waals surface area contributed by atoms with Crippen molar-refractivity contribution in [2.24, 2.45) is 0 Å². The van der Waals surface area contributed by atoms with E-state index in [1.165, 1.54) is 0 Å². The number of aromatic nitrogens is 2. The number of pyridine rings is 1. The number of hydrogen-bond donors (Lipinski definition) is 1. The highest BCUT2D eigenvalue weighted by Gasteiger charge is 2.03. The zero-order chi connectivity index (χ0) is 11.4. The van der Waals surface area contributed by atoms with Gasteiger partial charge >= 0.3 is 0 Å². The summed E-state index contributed by atoms with van der Waals surface area (Å²) in [4.78, 5) is 19.5. The largest absolute Gasteiger partial charge is 0.310 e. The first-order valence-electron chi connectivity index (χ1n) is 4.51. The van der Waals surface area contributed by atoms with Crippen molar-refractivity contribution in [1.29, 1.82) is 0 Å². The molecule has 82 valence electrons. The van der Waals surface area contributed by atoms with Gasteiger partial charge in [-0.05, 0) is 12.1 Å². The minimum Gasteiger partial charge on any atom is -0.310 e. The molecule has 0 radical (unpaired) electrons. The highest BCUT2D eigenvalue weighted by atomic mass is 127. The van der Waals surface area contributed by atoms with Crippen molar-refractivity contribution >= 4 is 45.7 Å². The molecule has 0 unspecified atom stereocenters. The first-order chi connectivity index (χ1) is 7.79. The minimum atomic E-state index is -0.0462. The normalized spacial score (nSPS) is 10.1. The van der Waals surface area contributed by atoms with Gasteiger partial charge in [-0.25, -0.2) is 9.97 Å². The number of nitrogens with one attached hydrogen (secondary N) is 1. The summed E-state index contributed by atoms with van der Waals surface area (Å²) in [6.07, 6.45) is 3.47. The monoisotopic (exact) mass is 345 g/mol. The molecule has 0 saturated carbocycles. The molecule has 16 heavy (non-hydrogen) atoms. The fourth-order valence-corrected chi connectivity index (χ4v) is 1.96. The van der Waals surface area contributed by atoms with Crippen LogP contribution in [0.25, 0.3) is 10.6 Å². The molecule has 0 atom stereocenters. The molecule has 2 aromatic heterocycles. The van der Waals surface area contributed by atoms with Gasteiger partial charge in [-0.3, -0.25) is 4.79 Å². The zero-order valence-corrected chi connectivity index (χ0v) is 11.2. The molecule has 0 spiro atoms. The molecule has 2 heterocycles. The quantitative estimate of drug-likeness (QED) is 0.687. The lowest BCUT2D eigenvalue weighted by Crippen LogP contribution is -2.13. The SMILES string of the molecule is O=C(CI)Nc1ccc(-c2nccs2)cn1. The average Bonchev–Trinajstić information content (AvgIpc) is 2.83. The predicted octanol–water partition coefficient (Wildman–Crippen LogP) is 2.58. The van der Waals surface area contributed by atoms with Crippen LogP contribution < -0.4 is 5.32 Å². The Labute approximate surface area is 110 Å². The lowest BCUT2D eigenvalue weighted by atomic mass is 10.3. The lowest BCUT2D eigenvalue weighted by Gasteiger charge is -2.02. The van der Waals surface area contributed by atoms with E-state index in [9.17, 15) is 4.79 Å². The van der Waals surface area contributed by atoms with Crippen molar-refractivity contribution in [3.63, 3.8) is 0 Å². The van der Waals surface area contributed by atoms with E-state index in [0.29, 0.717) is 10.2 Å². The van der Waals surface area contributed by atoms with Crippen LogP contribution in [0.4, 0.5) is 5.82 Å². The Morgan fingerprint density at radius 2 is 2.31 bits per heavy atom. The van der Waals surface area contributed by atoms with Crippen LogP contribution in [-0.4, -0.2) is 20.3 Å². The maximum atomic E-state index is 11.1. The molecule has 4 nitrogen and oxygen atoms in total. The summed E-state index contributed by atoms with van der Waals surface area (Å²) in [6.45, 7) is 0. The van der Waals surface area contributed by atoms with Crippen LogP contribution in [0.1, 0.15) is 0 Å². The summed E-state index contributed by atoms with van der Waals surface area (Å²) >= 11 is 3.57. The van der Waals surface area contributed by atoms with E-state index in [1.54, 1.807) is 29.8 Å². The van der Waals surface area contributed by atoms with Crippen LogP contribution in [0.15, 0.2) is 29.9 Å². The second kappa shape index (κ2) is 5.35. The highest BCUT2D eigenvalue weighted by Crippen LogP contribution is 2.21. The van der Waals surface area contributed by atoms with E-state index >= 15 is 0 Å². The Hall–Kier alpha value is -1.02. The third kappa shape index (κ3) is 2.76. The third-order valence-electron chi connectivity index (χ3n) is 1.83. The van der Waals surface area contributed by atoms with Gasteiger partial charge in [0, 0.05) is 23.3 Å². The summed E-state index contributed by atoms with van der Waals surface area (Å²) in [5.41, 5.74) is 0.961. The summed E-state index contributed by atoms with van der Waals surface area (Å²) in [5, 5.41) is 5.54. The van der Waals surface area contributed by atoms with Crippen LogP contribution in [0.3, 0.4) is 0 Å². The molecular weight excluding hydrogens is 337 g/mol. The number of hydrogen-bond acceptors (Lipinski definition) is 4. The Balaban J connectivity index is 2.14. The number of halogens is 1. The second-order valence-corrected chi connectivity index (χ2v) is 4.61. The van der Waals surface area contributed by atoms with E-state index in [2.05, 4.69) is 15.3 Å². The topological polar surface area (TPSA) is 54.9 Å². The van der Waals surface area contributed by atoms with Crippen LogP contribution >= 0.6 is 33.9 Å². The molecule has 0 aromatic carbocycles. The molecule has 0 aliphatic heterocycles. The molecule has 2 rings (SSSR count). The van der Waals surface area contributed by atoms with Crippen molar-refractivity contribution < 1.29 is 4.79 Å². The number of nitrogens with zero attached hydrogens (tertiary/aromatic N) is 2. The van der Waals surface area contributed by atoms with Gasteiger partial charge < -0.3 is 5.32 Å². The number of alkyl halides is 1. The van der Waals surface area contributed by atoms with Crippen molar-refractivity contribution in [1.82, 2.24) is 9.97 Å².